The van der Waals surface area contributed by atoms with E-state index < -0.39 is 0 Å². The summed E-state index contributed by atoms with van der Waals surface area (Å²) in [5.74, 6) is 1.09. The Morgan fingerprint density at radius 1 is 0.967 bits per heavy atom. The molecule has 1 amide bonds. The molecule has 0 aliphatic heterocycles. The molecule has 6 nitrogen and oxygen atoms in total. The highest BCUT2D eigenvalue weighted by Crippen LogP contribution is 2.11. The highest BCUT2D eigenvalue weighted by molar-refractivity contribution is 14.0. The molecule has 0 heterocycles. The van der Waals surface area contributed by atoms with Crippen LogP contribution >= 0.6 is 24.0 Å². The number of guanidine groups is 1. The van der Waals surface area contributed by atoms with Crippen LogP contribution in [0.4, 0.5) is 4.39 Å². The zero-order valence-electron chi connectivity index (χ0n) is 17.7. The topological polar surface area (TPSA) is 66.0 Å². The first-order chi connectivity index (χ1) is 14.0. The number of amides is 1. The molecule has 0 aliphatic carbocycles. The Kier molecular flexibility index (Phi) is 11.8. The van der Waals surface area contributed by atoms with Crippen LogP contribution in [0.2, 0.25) is 0 Å². The molecular formula is C22H30FIN4O2. The summed E-state index contributed by atoms with van der Waals surface area (Å²) < 4.78 is 18.2. The molecule has 30 heavy (non-hydrogen) atoms. The number of likely N-dealkylation sites (N-methyl/N-ethyl adjacent to an activating group) is 1. The second-order valence-electron chi connectivity index (χ2n) is 6.78. The maximum Gasteiger partial charge on any atom is 0.243 e. The highest BCUT2D eigenvalue weighted by atomic mass is 127. The molecule has 2 rings (SSSR count). The number of carbonyl (C=O) groups is 1. The molecule has 8 heteroatoms. The van der Waals surface area contributed by atoms with Gasteiger partial charge in [0, 0.05) is 27.2 Å². The molecular weight excluding hydrogens is 498 g/mol. The Hall–Kier alpha value is -2.36. The largest absolute Gasteiger partial charge is 0.497 e. The minimum Gasteiger partial charge on any atom is -0.497 e. The summed E-state index contributed by atoms with van der Waals surface area (Å²) in [6, 6.07) is 14.3. The number of methoxy groups -OCH3 is 1. The Balaban J connectivity index is 0.00000450. The van der Waals surface area contributed by atoms with Gasteiger partial charge in [-0.1, -0.05) is 24.3 Å². The monoisotopic (exact) mass is 528 g/mol. The lowest BCUT2D eigenvalue weighted by Gasteiger charge is -2.14. The van der Waals surface area contributed by atoms with Gasteiger partial charge in [0.15, 0.2) is 5.96 Å². The molecule has 0 bridgehead atoms. The van der Waals surface area contributed by atoms with Crippen molar-refractivity contribution in [2.24, 2.45) is 4.99 Å². The Morgan fingerprint density at radius 3 is 1.93 bits per heavy atom. The van der Waals surface area contributed by atoms with Crippen LogP contribution in [-0.2, 0) is 17.6 Å². The van der Waals surface area contributed by atoms with Crippen LogP contribution in [0.3, 0.4) is 0 Å². The van der Waals surface area contributed by atoms with Gasteiger partial charge in [-0.25, -0.2) is 9.38 Å². The molecule has 0 atom stereocenters. The first-order valence-corrected chi connectivity index (χ1v) is 9.57. The van der Waals surface area contributed by atoms with Crippen molar-refractivity contribution >= 4 is 35.8 Å². The van der Waals surface area contributed by atoms with Gasteiger partial charge in [-0.2, -0.15) is 0 Å². The fourth-order valence-corrected chi connectivity index (χ4v) is 2.56. The van der Waals surface area contributed by atoms with E-state index >= 15 is 0 Å². The van der Waals surface area contributed by atoms with E-state index in [1.807, 2.05) is 24.3 Å². The number of hydrogen-bond acceptors (Lipinski definition) is 3. The molecule has 2 aromatic carbocycles. The number of halogens is 2. The number of nitrogens with zero attached hydrogens (tertiary/aromatic N) is 2. The summed E-state index contributed by atoms with van der Waals surface area (Å²) in [6.45, 7) is 1.36. The molecule has 0 fully saturated rings. The minimum atomic E-state index is -0.244. The number of aliphatic imine (C=N–C) groups is 1. The molecule has 164 valence electrons. The van der Waals surface area contributed by atoms with Crippen LogP contribution in [0, 0.1) is 5.82 Å². The molecule has 0 spiro atoms. The lowest BCUT2D eigenvalue weighted by atomic mass is 10.1. The van der Waals surface area contributed by atoms with Crippen LogP contribution in [0.25, 0.3) is 0 Å². The van der Waals surface area contributed by atoms with Gasteiger partial charge in [0.05, 0.1) is 7.11 Å². The standard InChI is InChI=1S/C22H29FN4O2.HI/c1-27(2)21(28)16-26-22(24-14-12-17-4-8-19(23)9-5-17)25-15-13-18-6-10-20(29-3)11-7-18;/h4-11H,12-16H2,1-3H3,(H2,24,25,26);1H. The summed E-state index contributed by atoms with van der Waals surface area (Å²) in [5, 5.41) is 6.50. The molecule has 2 aromatic rings. The van der Waals surface area contributed by atoms with Crippen molar-refractivity contribution in [1.29, 1.82) is 0 Å². The number of rotatable bonds is 9. The number of hydrogen-bond donors (Lipinski definition) is 2. The average molecular weight is 528 g/mol. The van der Waals surface area contributed by atoms with Crippen LogP contribution in [-0.4, -0.2) is 57.6 Å². The number of nitrogens with one attached hydrogen (secondary N) is 2. The van der Waals surface area contributed by atoms with Gasteiger partial charge in [-0.15, -0.1) is 24.0 Å². The number of benzene rings is 2. The van der Waals surface area contributed by atoms with E-state index in [2.05, 4.69) is 15.6 Å². The van der Waals surface area contributed by atoms with Crippen LogP contribution in [0.5, 0.6) is 5.75 Å². The van der Waals surface area contributed by atoms with E-state index in [0.717, 1.165) is 24.2 Å². The normalized spacial score (nSPS) is 10.7. The number of ether oxygens (including phenoxy) is 1. The first-order valence-electron chi connectivity index (χ1n) is 9.57. The lowest BCUT2D eigenvalue weighted by molar-refractivity contribution is -0.127. The van der Waals surface area contributed by atoms with Gasteiger partial charge in [0.2, 0.25) is 5.91 Å². The van der Waals surface area contributed by atoms with Crippen molar-refractivity contribution in [3.63, 3.8) is 0 Å². The first kappa shape index (κ1) is 25.7. The van der Waals surface area contributed by atoms with Crippen molar-refractivity contribution in [2.45, 2.75) is 12.8 Å². The van der Waals surface area contributed by atoms with Crippen molar-refractivity contribution < 1.29 is 13.9 Å². The third-order valence-corrected chi connectivity index (χ3v) is 4.36. The molecule has 2 N–H and O–H groups in total. The van der Waals surface area contributed by atoms with Gasteiger partial charge in [0.1, 0.15) is 18.1 Å². The van der Waals surface area contributed by atoms with Gasteiger partial charge in [0.25, 0.3) is 0 Å². The van der Waals surface area contributed by atoms with E-state index in [1.54, 1.807) is 33.3 Å². The molecule has 0 aliphatic rings. The molecule has 0 aromatic heterocycles. The van der Waals surface area contributed by atoms with Gasteiger partial charge < -0.3 is 20.3 Å². The zero-order chi connectivity index (χ0) is 21.1. The minimum absolute atomic E-state index is 0. The quantitative estimate of drug-likeness (QED) is 0.299. The molecule has 0 saturated carbocycles. The third kappa shape index (κ3) is 9.43. The predicted molar refractivity (Wildman–Crippen MR) is 129 cm³/mol. The second-order valence-corrected chi connectivity index (χ2v) is 6.78. The maximum atomic E-state index is 13.0. The fourth-order valence-electron chi connectivity index (χ4n) is 2.56. The predicted octanol–water partition coefficient (Wildman–Crippen LogP) is 2.86. The highest BCUT2D eigenvalue weighted by Gasteiger charge is 2.05. The Labute approximate surface area is 194 Å². The zero-order valence-corrected chi connectivity index (χ0v) is 20.0. The summed E-state index contributed by atoms with van der Waals surface area (Å²) in [6.07, 6.45) is 1.53. The van der Waals surface area contributed by atoms with Crippen LogP contribution < -0.4 is 15.4 Å². The van der Waals surface area contributed by atoms with E-state index in [4.69, 9.17) is 4.74 Å². The van der Waals surface area contributed by atoms with E-state index in [9.17, 15) is 9.18 Å². The van der Waals surface area contributed by atoms with Crippen molar-refractivity contribution in [1.82, 2.24) is 15.5 Å². The second kappa shape index (κ2) is 13.8. The fraction of sp³-hybridized carbons (Fsp3) is 0.364. The smallest absolute Gasteiger partial charge is 0.243 e. The number of carbonyl (C=O) groups excluding carboxylic acids is 1. The Bertz CT molecular complexity index is 796. The lowest BCUT2D eigenvalue weighted by Crippen LogP contribution is -2.40. The van der Waals surface area contributed by atoms with Gasteiger partial charge >= 0.3 is 0 Å². The summed E-state index contributed by atoms with van der Waals surface area (Å²) in [4.78, 5) is 17.7. The van der Waals surface area contributed by atoms with Crippen molar-refractivity contribution in [3.8, 4) is 5.75 Å². The van der Waals surface area contributed by atoms with Gasteiger partial charge in [-0.3, -0.25) is 4.79 Å². The summed E-state index contributed by atoms with van der Waals surface area (Å²) in [7, 11) is 5.05. The van der Waals surface area contributed by atoms with E-state index in [-0.39, 0.29) is 42.2 Å². The van der Waals surface area contributed by atoms with Crippen molar-refractivity contribution in [2.75, 3.05) is 40.8 Å². The van der Waals surface area contributed by atoms with E-state index in [1.165, 1.54) is 22.6 Å². The maximum absolute atomic E-state index is 13.0. The van der Waals surface area contributed by atoms with Crippen LogP contribution in [0.15, 0.2) is 53.5 Å². The van der Waals surface area contributed by atoms with Crippen molar-refractivity contribution in [3.05, 3.63) is 65.5 Å². The molecule has 0 saturated heterocycles. The van der Waals surface area contributed by atoms with Gasteiger partial charge in [-0.05, 0) is 48.2 Å². The summed E-state index contributed by atoms with van der Waals surface area (Å²) in [5.41, 5.74) is 2.20. The average Bonchev–Trinajstić information content (AvgIpc) is 2.73. The Morgan fingerprint density at radius 2 is 1.47 bits per heavy atom. The molecule has 0 radical (unpaired) electrons. The SMILES string of the molecule is COc1ccc(CCNC(=NCC(=O)N(C)C)NCCc2ccc(F)cc2)cc1.I. The van der Waals surface area contributed by atoms with Crippen LogP contribution in [0.1, 0.15) is 11.1 Å². The summed E-state index contributed by atoms with van der Waals surface area (Å²) >= 11 is 0. The third-order valence-electron chi connectivity index (χ3n) is 4.36. The molecule has 0 unspecified atom stereocenters. The van der Waals surface area contributed by atoms with E-state index in [0.29, 0.717) is 19.0 Å².